The molecule has 1 amide bonds. The third-order valence-corrected chi connectivity index (χ3v) is 4.16. The maximum Gasteiger partial charge on any atom is 0.227 e. The van der Waals surface area contributed by atoms with Gasteiger partial charge in [0, 0.05) is 19.1 Å². The van der Waals surface area contributed by atoms with E-state index in [-0.39, 0.29) is 5.92 Å². The van der Waals surface area contributed by atoms with Gasteiger partial charge in [0.25, 0.3) is 0 Å². The third-order valence-electron chi connectivity index (χ3n) is 4.16. The highest BCUT2D eigenvalue weighted by Gasteiger charge is 2.40. The molecule has 0 saturated carbocycles. The van der Waals surface area contributed by atoms with Crippen molar-refractivity contribution in [1.29, 1.82) is 0 Å². The van der Waals surface area contributed by atoms with E-state index in [1.165, 1.54) is 0 Å². The number of carbonyl (C=O) groups is 1. The van der Waals surface area contributed by atoms with Crippen LogP contribution >= 0.6 is 0 Å². The molecule has 2 heterocycles. The van der Waals surface area contributed by atoms with Crippen LogP contribution in [0.2, 0.25) is 0 Å². The number of methoxy groups -OCH3 is 1. The van der Waals surface area contributed by atoms with Gasteiger partial charge in [-0.3, -0.25) is 4.79 Å². The maximum atomic E-state index is 12.3. The molecule has 0 spiro atoms. The van der Waals surface area contributed by atoms with Crippen molar-refractivity contribution in [2.24, 2.45) is 5.92 Å². The van der Waals surface area contributed by atoms with Crippen LogP contribution in [0.25, 0.3) is 0 Å². The number of carbonyl (C=O) groups excluding carboxylic acids is 1. The first kappa shape index (κ1) is 12.5. The van der Waals surface area contributed by atoms with Crippen LogP contribution in [0.5, 0.6) is 5.75 Å². The van der Waals surface area contributed by atoms with E-state index in [4.69, 9.17) is 4.74 Å². The summed E-state index contributed by atoms with van der Waals surface area (Å²) < 4.78 is 5.15. The first-order chi connectivity index (χ1) is 9.28. The lowest BCUT2D eigenvalue weighted by molar-refractivity contribution is -0.131. The molecule has 0 radical (unpaired) electrons. The Bertz CT molecular complexity index is 458. The normalized spacial score (nSPS) is 26.4. The molecule has 2 saturated heterocycles. The van der Waals surface area contributed by atoms with E-state index < -0.39 is 0 Å². The summed E-state index contributed by atoms with van der Waals surface area (Å²) in [4.78, 5) is 14.3. The lowest BCUT2D eigenvalue weighted by Crippen LogP contribution is -2.41. The smallest absolute Gasteiger partial charge is 0.227 e. The second kappa shape index (κ2) is 5.21. The molecule has 0 aliphatic carbocycles. The fraction of sp³-hybridized carbons (Fsp3) is 0.533. The number of hydrogen-bond acceptors (Lipinski definition) is 3. The van der Waals surface area contributed by atoms with E-state index in [0.717, 1.165) is 37.2 Å². The van der Waals surface area contributed by atoms with Crippen LogP contribution in [-0.2, 0) is 11.3 Å². The Morgan fingerprint density at radius 2 is 2.16 bits per heavy atom. The number of nitrogens with one attached hydrogen (secondary N) is 1. The molecule has 1 aromatic carbocycles. The van der Waals surface area contributed by atoms with Gasteiger partial charge in [0.1, 0.15) is 5.75 Å². The summed E-state index contributed by atoms with van der Waals surface area (Å²) in [6.45, 7) is 2.60. The molecule has 2 unspecified atom stereocenters. The average Bonchev–Trinajstić information content (AvgIpc) is 2.77. The highest BCUT2D eigenvalue weighted by Crippen LogP contribution is 2.27. The monoisotopic (exact) mass is 260 g/mol. The van der Waals surface area contributed by atoms with Crippen molar-refractivity contribution in [3.63, 3.8) is 0 Å². The summed E-state index contributed by atoms with van der Waals surface area (Å²) in [5.74, 6) is 1.37. The molecule has 2 aliphatic heterocycles. The van der Waals surface area contributed by atoms with E-state index in [1.807, 2.05) is 29.2 Å². The quantitative estimate of drug-likeness (QED) is 0.893. The second-order valence-corrected chi connectivity index (χ2v) is 5.38. The van der Waals surface area contributed by atoms with Crippen molar-refractivity contribution in [1.82, 2.24) is 10.2 Å². The predicted molar refractivity (Wildman–Crippen MR) is 72.9 cm³/mol. The number of piperidine rings is 1. The molecule has 3 rings (SSSR count). The third kappa shape index (κ3) is 2.45. The van der Waals surface area contributed by atoms with E-state index in [2.05, 4.69) is 5.32 Å². The molecule has 19 heavy (non-hydrogen) atoms. The van der Waals surface area contributed by atoms with Crippen LogP contribution in [0.4, 0.5) is 0 Å². The molecule has 2 fully saturated rings. The van der Waals surface area contributed by atoms with Gasteiger partial charge >= 0.3 is 0 Å². The van der Waals surface area contributed by atoms with Gasteiger partial charge in [-0.2, -0.15) is 0 Å². The Morgan fingerprint density at radius 1 is 1.37 bits per heavy atom. The van der Waals surface area contributed by atoms with Gasteiger partial charge in [-0.05, 0) is 37.1 Å². The van der Waals surface area contributed by atoms with Gasteiger partial charge in [0.15, 0.2) is 0 Å². The van der Waals surface area contributed by atoms with E-state index in [0.29, 0.717) is 18.5 Å². The predicted octanol–water partition coefficient (Wildman–Crippen LogP) is 1.41. The van der Waals surface area contributed by atoms with Crippen molar-refractivity contribution in [2.45, 2.75) is 25.4 Å². The minimum atomic E-state index is 0.201. The van der Waals surface area contributed by atoms with Crippen molar-refractivity contribution >= 4 is 5.91 Å². The summed E-state index contributed by atoms with van der Waals surface area (Å²) in [5.41, 5.74) is 1.16. The molecule has 4 nitrogen and oxygen atoms in total. The van der Waals surface area contributed by atoms with Crippen molar-refractivity contribution < 1.29 is 9.53 Å². The minimum absolute atomic E-state index is 0.201. The lowest BCUT2D eigenvalue weighted by Gasteiger charge is -2.23. The summed E-state index contributed by atoms with van der Waals surface area (Å²) in [5, 5.41) is 3.46. The molecule has 2 aliphatic rings. The van der Waals surface area contributed by atoms with Gasteiger partial charge < -0.3 is 15.0 Å². The van der Waals surface area contributed by atoms with Crippen LogP contribution < -0.4 is 10.1 Å². The van der Waals surface area contributed by atoms with Gasteiger partial charge in [-0.25, -0.2) is 0 Å². The zero-order valence-corrected chi connectivity index (χ0v) is 11.3. The zero-order valence-electron chi connectivity index (χ0n) is 11.3. The highest BCUT2D eigenvalue weighted by molar-refractivity contribution is 5.82. The van der Waals surface area contributed by atoms with Gasteiger partial charge in [0.05, 0.1) is 13.0 Å². The molecule has 1 aromatic rings. The molecular formula is C15H20N2O2. The van der Waals surface area contributed by atoms with Crippen molar-refractivity contribution in [3.05, 3.63) is 29.8 Å². The molecule has 0 bridgehead atoms. The lowest BCUT2D eigenvalue weighted by atomic mass is 9.94. The van der Waals surface area contributed by atoms with E-state index in [9.17, 15) is 4.79 Å². The summed E-state index contributed by atoms with van der Waals surface area (Å²) in [7, 11) is 1.66. The first-order valence-electron chi connectivity index (χ1n) is 6.93. The van der Waals surface area contributed by atoms with E-state index in [1.54, 1.807) is 7.11 Å². The number of nitrogens with zero attached hydrogens (tertiary/aromatic N) is 1. The number of fused-ring (bicyclic) bond motifs is 1. The molecule has 2 atom stereocenters. The Hall–Kier alpha value is -1.55. The number of ether oxygens (including phenoxy) is 1. The Labute approximate surface area is 113 Å². The molecule has 4 heteroatoms. The molecule has 0 aromatic heterocycles. The fourth-order valence-electron chi connectivity index (χ4n) is 3.10. The van der Waals surface area contributed by atoms with Gasteiger partial charge in [-0.15, -0.1) is 0 Å². The van der Waals surface area contributed by atoms with Crippen LogP contribution in [0.3, 0.4) is 0 Å². The van der Waals surface area contributed by atoms with Gasteiger partial charge in [-0.1, -0.05) is 12.1 Å². The van der Waals surface area contributed by atoms with Crippen LogP contribution in [0, 0.1) is 5.92 Å². The fourth-order valence-corrected chi connectivity index (χ4v) is 3.10. The molecule has 102 valence electrons. The summed E-state index contributed by atoms with van der Waals surface area (Å²) >= 11 is 0. The van der Waals surface area contributed by atoms with Crippen molar-refractivity contribution in [3.8, 4) is 5.75 Å². The SMILES string of the molecule is COc1ccc(CN2CC3NCCCC3C2=O)cc1. The molecular weight excluding hydrogens is 240 g/mol. The summed E-state index contributed by atoms with van der Waals surface area (Å²) in [6, 6.07) is 8.31. The minimum Gasteiger partial charge on any atom is -0.497 e. The number of benzene rings is 1. The summed E-state index contributed by atoms with van der Waals surface area (Å²) in [6.07, 6.45) is 2.15. The largest absolute Gasteiger partial charge is 0.497 e. The second-order valence-electron chi connectivity index (χ2n) is 5.38. The zero-order chi connectivity index (χ0) is 13.2. The number of likely N-dealkylation sites (tertiary alicyclic amines) is 1. The first-order valence-corrected chi connectivity index (χ1v) is 6.93. The number of hydrogen-bond donors (Lipinski definition) is 1. The van der Waals surface area contributed by atoms with E-state index >= 15 is 0 Å². The Kier molecular flexibility index (Phi) is 3.42. The Morgan fingerprint density at radius 3 is 2.84 bits per heavy atom. The number of amides is 1. The van der Waals surface area contributed by atoms with Crippen LogP contribution in [-0.4, -0.2) is 37.0 Å². The Balaban J connectivity index is 1.67. The van der Waals surface area contributed by atoms with Crippen LogP contribution in [0.15, 0.2) is 24.3 Å². The standard InChI is InChI=1S/C15H20N2O2/c1-19-12-6-4-11(5-7-12)9-17-10-14-13(15(17)18)3-2-8-16-14/h4-7,13-14,16H,2-3,8-10H2,1H3. The molecule has 1 N–H and O–H groups in total. The topological polar surface area (TPSA) is 41.6 Å². The van der Waals surface area contributed by atoms with Gasteiger partial charge in [0.2, 0.25) is 5.91 Å². The van der Waals surface area contributed by atoms with Crippen molar-refractivity contribution in [2.75, 3.05) is 20.2 Å². The highest BCUT2D eigenvalue weighted by atomic mass is 16.5. The average molecular weight is 260 g/mol. The van der Waals surface area contributed by atoms with Crippen LogP contribution in [0.1, 0.15) is 18.4 Å². The number of rotatable bonds is 3. The maximum absolute atomic E-state index is 12.3.